The zero-order valence-electron chi connectivity index (χ0n) is 19.8. The number of imide groups is 1. The Morgan fingerprint density at radius 2 is 1.50 bits per heavy atom. The molecule has 34 heavy (non-hydrogen) atoms. The maximum atomic E-state index is 13.8. The monoisotopic (exact) mass is 456 g/mol. The van der Waals surface area contributed by atoms with Crippen molar-refractivity contribution in [2.45, 2.75) is 13.8 Å². The summed E-state index contributed by atoms with van der Waals surface area (Å²) in [6, 6.07) is 23.7. The van der Waals surface area contributed by atoms with Gasteiger partial charge in [-0.3, -0.25) is 9.59 Å². The number of methoxy groups -OCH3 is 1. The molecule has 0 aliphatic carbocycles. The van der Waals surface area contributed by atoms with Gasteiger partial charge in [0, 0.05) is 18.3 Å². The number of anilines is 2. The zero-order valence-corrected chi connectivity index (χ0v) is 19.8. The van der Waals surface area contributed by atoms with Crippen molar-refractivity contribution in [1.82, 2.24) is 0 Å². The van der Waals surface area contributed by atoms with Gasteiger partial charge in [-0.15, -0.1) is 0 Å². The molecule has 0 radical (unpaired) electrons. The molecule has 3 aromatic rings. The maximum absolute atomic E-state index is 13.8. The Kier molecular flexibility index (Phi) is 6.68. The second-order valence-corrected chi connectivity index (χ2v) is 8.46. The highest BCUT2D eigenvalue weighted by atomic mass is 16.5. The molecule has 0 N–H and O–H groups in total. The zero-order chi connectivity index (χ0) is 24.2. The van der Waals surface area contributed by atoms with E-state index >= 15 is 0 Å². The van der Waals surface area contributed by atoms with E-state index in [4.69, 9.17) is 9.47 Å². The minimum Gasteiger partial charge on any atom is -0.496 e. The molecule has 0 fully saturated rings. The van der Waals surface area contributed by atoms with E-state index in [2.05, 4.69) is 13.8 Å². The summed E-state index contributed by atoms with van der Waals surface area (Å²) in [5.41, 5.74) is 2.44. The maximum Gasteiger partial charge on any atom is 0.282 e. The summed E-state index contributed by atoms with van der Waals surface area (Å²) >= 11 is 0. The van der Waals surface area contributed by atoms with Crippen LogP contribution in [0.5, 0.6) is 11.5 Å². The average Bonchev–Trinajstić information content (AvgIpc) is 3.12. The third kappa shape index (κ3) is 4.39. The van der Waals surface area contributed by atoms with Gasteiger partial charge >= 0.3 is 0 Å². The number of carbonyl (C=O) groups is 2. The molecule has 3 aromatic carbocycles. The summed E-state index contributed by atoms with van der Waals surface area (Å²) in [6.07, 6.45) is 0. The highest BCUT2D eigenvalue weighted by molar-refractivity contribution is 6.46. The van der Waals surface area contributed by atoms with Crippen LogP contribution in [0.15, 0.2) is 84.6 Å². The predicted octanol–water partition coefficient (Wildman–Crippen LogP) is 5.15. The first-order chi connectivity index (χ1) is 16.4. The molecule has 0 unspecified atom stereocenters. The van der Waals surface area contributed by atoms with Gasteiger partial charge in [0.2, 0.25) is 0 Å². The van der Waals surface area contributed by atoms with E-state index in [9.17, 15) is 9.59 Å². The van der Waals surface area contributed by atoms with E-state index in [1.807, 2.05) is 42.5 Å². The molecule has 1 aliphatic heterocycles. The Balaban J connectivity index is 1.78. The van der Waals surface area contributed by atoms with Crippen molar-refractivity contribution in [3.05, 3.63) is 90.1 Å². The summed E-state index contributed by atoms with van der Waals surface area (Å²) in [6.45, 7) is 4.74. The number of nitrogens with zero attached hydrogens (tertiary/aromatic N) is 2. The minimum atomic E-state index is -0.400. The number of rotatable bonds is 8. The summed E-state index contributed by atoms with van der Waals surface area (Å²) in [5.74, 6) is 0.814. The SMILES string of the molecule is COc1ccccc1C1=C(N(C)c2ccccc2)C(=O)N(c2ccc(OCC(C)C)cc2)C1=O. The van der Waals surface area contributed by atoms with Gasteiger partial charge in [-0.2, -0.15) is 0 Å². The molecule has 4 rings (SSSR count). The van der Waals surface area contributed by atoms with Gasteiger partial charge < -0.3 is 14.4 Å². The second-order valence-electron chi connectivity index (χ2n) is 8.46. The van der Waals surface area contributed by atoms with Crippen LogP contribution in [0.4, 0.5) is 11.4 Å². The molecule has 2 amide bonds. The Morgan fingerprint density at radius 3 is 2.15 bits per heavy atom. The van der Waals surface area contributed by atoms with Crippen molar-refractivity contribution in [1.29, 1.82) is 0 Å². The molecule has 1 heterocycles. The first kappa shape index (κ1) is 23.1. The van der Waals surface area contributed by atoms with Crippen LogP contribution in [0.3, 0.4) is 0 Å². The highest BCUT2D eigenvalue weighted by Gasteiger charge is 2.43. The van der Waals surface area contributed by atoms with Crippen LogP contribution in [-0.2, 0) is 9.59 Å². The molecule has 6 nitrogen and oxygen atoms in total. The Labute approximate surface area is 200 Å². The highest BCUT2D eigenvalue weighted by Crippen LogP contribution is 2.39. The number of para-hydroxylation sites is 2. The van der Waals surface area contributed by atoms with Gasteiger partial charge in [-0.05, 0) is 48.4 Å². The lowest BCUT2D eigenvalue weighted by molar-refractivity contribution is -0.120. The van der Waals surface area contributed by atoms with Crippen LogP contribution < -0.4 is 19.3 Å². The van der Waals surface area contributed by atoms with Crippen molar-refractivity contribution in [2.75, 3.05) is 30.6 Å². The molecule has 0 saturated heterocycles. The van der Waals surface area contributed by atoms with Crippen molar-refractivity contribution in [3.63, 3.8) is 0 Å². The number of ether oxygens (including phenoxy) is 2. The number of carbonyl (C=O) groups excluding carboxylic acids is 2. The number of hydrogen-bond acceptors (Lipinski definition) is 5. The van der Waals surface area contributed by atoms with Gasteiger partial charge in [0.25, 0.3) is 11.8 Å². The first-order valence-corrected chi connectivity index (χ1v) is 11.2. The molecular formula is C28H28N2O4. The van der Waals surface area contributed by atoms with Crippen LogP contribution in [0.25, 0.3) is 5.57 Å². The van der Waals surface area contributed by atoms with Gasteiger partial charge in [0.15, 0.2) is 0 Å². The van der Waals surface area contributed by atoms with Crippen LogP contribution in [-0.4, -0.2) is 32.6 Å². The van der Waals surface area contributed by atoms with Crippen LogP contribution in [0.2, 0.25) is 0 Å². The quantitative estimate of drug-likeness (QED) is 0.439. The second kappa shape index (κ2) is 9.83. The van der Waals surface area contributed by atoms with E-state index in [1.165, 1.54) is 4.90 Å². The molecule has 0 saturated carbocycles. The van der Waals surface area contributed by atoms with Crippen molar-refractivity contribution < 1.29 is 19.1 Å². The molecule has 0 spiro atoms. The van der Waals surface area contributed by atoms with Gasteiger partial charge in [0.1, 0.15) is 17.2 Å². The Hall–Kier alpha value is -4.06. The average molecular weight is 457 g/mol. The summed E-state index contributed by atoms with van der Waals surface area (Å²) in [4.78, 5) is 30.5. The number of benzene rings is 3. The fourth-order valence-corrected chi connectivity index (χ4v) is 3.89. The van der Waals surface area contributed by atoms with Crippen molar-refractivity contribution in [2.24, 2.45) is 5.92 Å². The largest absolute Gasteiger partial charge is 0.496 e. The third-order valence-corrected chi connectivity index (χ3v) is 5.59. The fourth-order valence-electron chi connectivity index (χ4n) is 3.89. The van der Waals surface area contributed by atoms with Crippen LogP contribution in [0, 0.1) is 5.92 Å². The lowest BCUT2D eigenvalue weighted by Gasteiger charge is -2.22. The smallest absolute Gasteiger partial charge is 0.282 e. The van der Waals surface area contributed by atoms with Gasteiger partial charge in [-0.25, -0.2) is 4.90 Å². The molecule has 174 valence electrons. The molecule has 6 heteroatoms. The van der Waals surface area contributed by atoms with E-state index in [0.29, 0.717) is 46.5 Å². The van der Waals surface area contributed by atoms with Gasteiger partial charge in [0.05, 0.1) is 25.0 Å². The van der Waals surface area contributed by atoms with Gasteiger partial charge in [-0.1, -0.05) is 50.2 Å². The van der Waals surface area contributed by atoms with E-state index in [-0.39, 0.29) is 0 Å². The standard InChI is InChI=1S/C28H28N2O4/c1-19(2)18-34-22-16-14-21(15-17-22)30-27(31)25(23-12-8-9-13-24(23)33-4)26(28(30)32)29(3)20-10-6-5-7-11-20/h5-17,19H,18H2,1-4H3. The Morgan fingerprint density at radius 1 is 0.853 bits per heavy atom. The molecule has 0 aromatic heterocycles. The van der Waals surface area contributed by atoms with E-state index in [0.717, 1.165) is 5.69 Å². The minimum absolute atomic E-state index is 0.292. The van der Waals surface area contributed by atoms with E-state index in [1.54, 1.807) is 55.5 Å². The third-order valence-electron chi connectivity index (χ3n) is 5.59. The predicted molar refractivity (Wildman–Crippen MR) is 134 cm³/mol. The number of likely N-dealkylation sites (N-methyl/N-ethyl adjacent to an activating group) is 1. The van der Waals surface area contributed by atoms with Crippen molar-refractivity contribution >= 4 is 28.8 Å². The normalized spacial score (nSPS) is 13.6. The number of amides is 2. The lowest BCUT2D eigenvalue weighted by Crippen LogP contribution is -2.34. The molecule has 0 bridgehead atoms. The topological polar surface area (TPSA) is 59.1 Å². The molecule has 0 atom stereocenters. The van der Waals surface area contributed by atoms with E-state index < -0.39 is 11.8 Å². The van der Waals surface area contributed by atoms with Crippen LogP contribution >= 0.6 is 0 Å². The summed E-state index contributed by atoms with van der Waals surface area (Å²) in [5, 5.41) is 0. The van der Waals surface area contributed by atoms with Crippen LogP contribution in [0.1, 0.15) is 19.4 Å². The molecule has 1 aliphatic rings. The molecular weight excluding hydrogens is 428 g/mol. The Bertz CT molecular complexity index is 1220. The number of hydrogen-bond donors (Lipinski definition) is 0. The summed E-state index contributed by atoms with van der Waals surface area (Å²) < 4.78 is 11.3. The lowest BCUT2D eigenvalue weighted by atomic mass is 10.0. The fraction of sp³-hybridized carbons (Fsp3) is 0.214. The van der Waals surface area contributed by atoms with Crippen molar-refractivity contribution in [3.8, 4) is 11.5 Å². The summed E-state index contributed by atoms with van der Waals surface area (Å²) in [7, 11) is 3.34. The first-order valence-electron chi connectivity index (χ1n) is 11.2.